The molecule has 0 saturated carbocycles. The van der Waals surface area contributed by atoms with Gasteiger partial charge in [0.05, 0.1) is 5.69 Å². The van der Waals surface area contributed by atoms with Crippen LogP contribution in [0, 0.1) is 0 Å². The summed E-state index contributed by atoms with van der Waals surface area (Å²) in [7, 11) is 0. The van der Waals surface area contributed by atoms with Gasteiger partial charge in [-0.1, -0.05) is 34.3 Å². The van der Waals surface area contributed by atoms with Crippen molar-refractivity contribution in [1.29, 1.82) is 0 Å². The Balaban J connectivity index is 2.69. The molecule has 1 aromatic heterocycles. The highest BCUT2D eigenvalue weighted by molar-refractivity contribution is 9.09. The topological polar surface area (TPSA) is 54.9 Å². The molecule has 1 amide bonds. The van der Waals surface area contributed by atoms with Gasteiger partial charge in [-0.3, -0.25) is 4.79 Å². The maximum Gasteiger partial charge on any atom is 0.265 e. The van der Waals surface area contributed by atoms with Crippen molar-refractivity contribution in [2.75, 3.05) is 5.33 Å². The summed E-state index contributed by atoms with van der Waals surface area (Å²) in [6.07, 6.45) is 0.912. The summed E-state index contributed by atoms with van der Waals surface area (Å²) in [5.74, 6) is 0.165. The number of hydrogen-bond donors (Lipinski definition) is 1. The Morgan fingerprint density at radius 1 is 1.50 bits per heavy atom. The number of amides is 1. The predicted molar refractivity (Wildman–Crippen MR) is 69.3 cm³/mol. The Hall–Kier alpha value is -0.490. The Morgan fingerprint density at radius 3 is 2.75 bits per heavy atom. The minimum atomic E-state index is -0.0628. The number of halogens is 1. The smallest absolute Gasteiger partial charge is 0.265 e. The number of alkyl halides is 1. The SMILES string of the molecule is CC(CCBr)NC(=O)c1snnc1C(C)C. The van der Waals surface area contributed by atoms with Crippen LogP contribution in [0.4, 0.5) is 0 Å². The molecular weight excluding hydrogens is 290 g/mol. The Morgan fingerprint density at radius 2 is 2.19 bits per heavy atom. The minimum Gasteiger partial charge on any atom is -0.349 e. The van der Waals surface area contributed by atoms with Gasteiger partial charge in [-0.15, -0.1) is 5.10 Å². The zero-order chi connectivity index (χ0) is 12.1. The van der Waals surface area contributed by atoms with Crippen LogP contribution >= 0.6 is 27.5 Å². The minimum absolute atomic E-state index is 0.0628. The molecule has 1 heterocycles. The average Bonchev–Trinajstić information content (AvgIpc) is 2.65. The van der Waals surface area contributed by atoms with Crippen molar-refractivity contribution in [3.8, 4) is 0 Å². The summed E-state index contributed by atoms with van der Waals surface area (Å²) in [5, 5.41) is 7.81. The number of carbonyl (C=O) groups is 1. The fraction of sp³-hybridized carbons (Fsp3) is 0.700. The Bertz CT molecular complexity index is 354. The molecule has 1 aromatic rings. The maximum atomic E-state index is 11.9. The van der Waals surface area contributed by atoms with E-state index in [-0.39, 0.29) is 17.9 Å². The van der Waals surface area contributed by atoms with Crippen LogP contribution in [0.1, 0.15) is 48.5 Å². The van der Waals surface area contributed by atoms with Gasteiger partial charge >= 0.3 is 0 Å². The van der Waals surface area contributed by atoms with Crippen molar-refractivity contribution in [2.24, 2.45) is 0 Å². The van der Waals surface area contributed by atoms with E-state index < -0.39 is 0 Å². The zero-order valence-electron chi connectivity index (χ0n) is 9.66. The first-order valence-electron chi connectivity index (χ1n) is 5.25. The summed E-state index contributed by atoms with van der Waals surface area (Å²) in [4.78, 5) is 12.6. The standard InChI is InChI=1S/C10H16BrN3OS/c1-6(2)8-9(16-14-13-8)10(15)12-7(3)4-5-11/h6-7H,4-5H2,1-3H3,(H,12,15). The quantitative estimate of drug-likeness (QED) is 0.851. The van der Waals surface area contributed by atoms with Crippen LogP contribution in [0.15, 0.2) is 0 Å². The molecule has 0 aliphatic rings. The van der Waals surface area contributed by atoms with E-state index in [9.17, 15) is 4.79 Å². The van der Waals surface area contributed by atoms with Crippen molar-refractivity contribution in [3.05, 3.63) is 10.6 Å². The first-order chi connectivity index (χ1) is 7.56. The predicted octanol–water partition coefficient (Wildman–Crippen LogP) is 2.56. The summed E-state index contributed by atoms with van der Waals surface area (Å²) in [6, 6.07) is 0.161. The highest BCUT2D eigenvalue weighted by atomic mass is 79.9. The van der Waals surface area contributed by atoms with E-state index in [1.165, 1.54) is 0 Å². The third kappa shape index (κ3) is 3.52. The summed E-state index contributed by atoms with van der Waals surface area (Å²) >= 11 is 4.51. The second-order valence-corrected chi connectivity index (χ2v) is 5.54. The molecule has 0 saturated heterocycles. The number of carbonyl (C=O) groups excluding carboxylic acids is 1. The largest absolute Gasteiger partial charge is 0.349 e. The molecule has 90 valence electrons. The van der Waals surface area contributed by atoms with Gasteiger partial charge in [0.1, 0.15) is 4.88 Å². The first kappa shape index (κ1) is 13.6. The number of nitrogens with one attached hydrogen (secondary N) is 1. The van der Waals surface area contributed by atoms with Gasteiger partial charge < -0.3 is 5.32 Å². The lowest BCUT2D eigenvalue weighted by Crippen LogP contribution is -2.32. The van der Waals surface area contributed by atoms with Crippen molar-refractivity contribution in [2.45, 2.75) is 39.2 Å². The molecule has 4 nitrogen and oxygen atoms in total. The lowest BCUT2D eigenvalue weighted by molar-refractivity contribution is 0.0942. The van der Waals surface area contributed by atoms with E-state index in [1.54, 1.807) is 0 Å². The Kier molecular flexibility index (Phi) is 5.34. The lowest BCUT2D eigenvalue weighted by atomic mass is 10.1. The van der Waals surface area contributed by atoms with Crippen LogP contribution in [-0.4, -0.2) is 26.9 Å². The molecular formula is C10H16BrN3OS. The second kappa shape index (κ2) is 6.30. The highest BCUT2D eigenvalue weighted by Gasteiger charge is 2.19. The number of rotatable bonds is 5. The molecule has 0 fully saturated rings. The summed E-state index contributed by atoms with van der Waals surface area (Å²) in [6.45, 7) is 6.01. The molecule has 0 aromatic carbocycles. The van der Waals surface area contributed by atoms with E-state index in [1.807, 2.05) is 20.8 Å². The van der Waals surface area contributed by atoms with Gasteiger partial charge in [0.15, 0.2) is 0 Å². The number of hydrogen-bond acceptors (Lipinski definition) is 4. The molecule has 1 atom stereocenters. The summed E-state index contributed by atoms with van der Waals surface area (Å²) in [5.41, 5.74) is 0.786. The lowest BCUT2D eigenvalue weighted by Gasteiger charge is -2.12. The zero-order valence-corrected chi connectivity index (χ0v) is 12.1. The van der Waals surface area contributed by atoms with E-state index in [0.29, 0.717) is 4.88 Å². The maximum absolute atomic E-state index is 11.9. The monoisotopic (exact) mass is 305 g/mol. The highest BCUT2D eigenvalue weighted by Crippen LogP contribution is 2.19. The van der Waals surface area contributed by atoms with Crippen molar-refractivity contribution in [1.82, 2.24) is 14.9 Å². The molecule has 6 heteroatoms. The van der Waals surface area contributed by atoms with Crippen LogP contribution in [-0.2, 0) is 0 Å². The van der Waals surface area contributed by atoms with Crippen LogP contribution in [0.2, 0.25) is 0 Å². The third-order valence-corrected chi connectivity index (χ3v) is 3.38. The van der Waals surface area contributed by atoms with Crippen LogP contribution < -0.4 is 5.32 Å². The van der Waals surface area contributed by atoms with Gasteiger partial charge in [-0.2, -0.15) is 0 Å². The van der Waals surface area contributed by atoms with E-state index in [4.69, 9.17) is 0 Å². The molecule has 0 radical (unpaired) electrons. The molecule has 1 rings (SSSR count). The third-order valence-electron chi connectivity index (χ3n) is 2.19. The molecule has 0 aliphatic heterocycles. The van der Waals surface area contributed by atoms with Crippen molar-refractivity contribution < 1.29 is 4.79 Å². The van der Waals surface area contributed by atoms with Crippen LogP contribution in [0.5, 0.6) is 0 Å². The fourth-order valence-corrected chi connectivity index (χ4v) is 2.67. The van der Waals surface area contributed by atoms with Gasteiger partial charge in [-0.05, 0) is 30.8 Å². The van der Waals surface area contributed by atoms with E-state index in [2.05, 4.69) is 30.8 Å². The molecule has 1 N–H and O–H groups in total. The van der Waals surface area contributed by atoms with Crippen LogP contribution in [0.25, 0.3) is 0 Å². The molecule has 16 heavy (non-hydrogen) atoms. The Labute approximate surface area is 108 Å². The van der Waals surface area contributed by atoms with E-state index >= 15 is 0 Å². The van der Waals surface area contributed by atoms with Gasteiger partial charge in [0, 0.05) is 11.4 Å². The first-order valence-corrected chi connectivity index (χ1v) is 7.14. The van der Waals surface area contributed by atoms with Gasteiger partial charge in [0.25, 0.3) is 5.91 Å². The van der Waals surface area contributed by atoms with Gasteiger partial charge in [-0.25, -0.2) is 0 Å². The van der Waals surface area contributed by atoms with Gasteiger partial charge in [0.2, 0.25) is 0 Å². The second-order valence-electron chi connectivity index (χ2n) is 3.99. The summed E-state index contributed by atoms with van der Waals surface area (Å²) < 4.78 is 3.84. The fourth-order valence-electron chi connectivity index (χ4n) is 1.26. The average molecular weight is 306 g/mol. The van der Waals surface area contributed by atoms with E-state index in [0.717, 1.165) is 29.0 Å². The number of aromatic nitrogens is 2. The van der Waals surface area contributed by atoms with Crippen molar-refractivity contribution >= 4 is 33.4 Å². The molecule has 0 bridgehead atoms. The molecule has 0 spiro atoms. The number of nitrogens with zero attached hydrogens (tertiary/aromatic N) is 2. The molecule has 1 unspecified atom stereocenters. The van der Waals surface area contributed by atoms with Crippen molar-refractivity contribution in [3.63, 3.8) is 0 Å². The molecule has 0 aliphatic carbocycles. The normalized spacial score (nSPS) is 12.8. The van der Waals surface area contributed by atoms with Crippen LogP contribution in [0.3, 0.4) is 0 Å².